The Morgan fingerprint density at radius 1 is 1.26 bits per heavy atom. The summed E-state index contributed by atoms with van der Waals surface area (Å²) in [4.78, 5) is 25.2. The van der Waals surface area contributed by atoms with Crippen LogP contribution in [0.5, 0.6) is 0 Å². The highest BCUT2D eigenvalue weighted by atomic mass is 16.2. The second-order valence-electron chi connectivity index (χ2n) is 5.81. The Hall–Kier alpha value is -1.85. The van der Waals surface area contributed by atoms with Gasteiger partial charge >= 0.3 is 0 Å². The standard InChI is InChI=1S/C13H20N4O2/c1-13(2)8-11(18)17(12(19)9-13)6-3-5-16-7-4-10(14)15-16/h4,7H,3,5-6,8-9H2,1-2H3,(H2,14,15). The molecule has 2 N–H and O–H groups in total. The summed E-state index contributed by atoms with van der Waals surface area (Å²) in [6.45, 7) is 5.00. The first-order chi connectivity index (χ1) is 8.87. The summed E-state index contributed by atoms with van der Waals surface area (Å²) in [6, 6.07) is 1.72. The number of carbonyl (C=O) groups excluding carboxylic acids is 2. The number of hydrogen-bond donors (Lipinski definition) is 1. The van der Waals surface area contributed by atoms with Crippen LogP contribution in [0.3, 0.4) is 0 Å². The van der Waals surface area contributed by atoms with Crippen LogP contribution < -0.4 is 5.73 Å². The van der Waals surface area contributed by atoms with Crippen molar-refractivity contribution in [3.63, 3.8) is 0 Å². The lowest BCUT2D eigenvalue weighted by Gasteiger charge is -2.34. The number of amides is 2. The number of imide groups is 1. The van der Waals surface area contributed by atoms with Gasteiger partial charge in [-0.1, -0.05) is 13.8 Å². The minimum absolute atomic E-state index is 0.0683. The van der Waals surface area contributed by atoms with Crippen LogP contribution in [-0.2, 0) is 16.1 Å². The predicted molar refractivity (Wildman–Crippen MR) is 71.0 cm³/mol. The van der Waals surface area contributed by atoms with Crippen LogP contribution in [0.1, 0.15) is 33.1 Å². The lowest BCUT2D eigenvalue weighted by molar-refractivity contribution is -0.152. The molecule has 19 heavy (non-hydrogen) atoms. The number of nitrogens with zero attached hydrogens (tertiary/aromatic N) is 3. The number of rotatable bonds is 4. The van der Waals surface area contributed by atoms with Gasteiger partial charge in [-0.2, -0.15) is 5.10 Å². The van der Waals surface area contributed by atoms with Crippen LogP contribution in [0.4, 0.5) is 5.82 Å². The van der Waals surface area contributed by atoms with Gasteiger partial charge in [0.15, 0.2) is 0 Å². The monoisotopic (exact) mass is 264 g/mol. The van der Waals surface area contributed by atoms with Gasteiger partial charge < -0.3 is 5.73 Å². The molecule has 2 amide bonds. The van der Waals surface area contributed by atoms with Gasteiger partial charge in [-0.15, -0.1) is 0 Å². The van der Waals surface area contributed by atoms with E-state index in [0.29, 0.717) is 38.2 Å². The maximum absolute atomic E-state index is 11.9. The summed E-state index contributed by atoms with van der Waals surface area (Å²) >= 11 is 0. The lowest BCUT2D eigenvalue weighted by atomic mass is 9.82. The Labute approximate surface area is 112 Å². The van der Waals surface area contributed by atoms with E-state index >= 15 is 0 Å². The minimum Gasteiger partial charge on any atom is -0.382 e. The Kier molecular flexibility index (Phi) is 3.59. The normalized spacial score (nSPS) is 18.9. The SMILES string of the molecule is CC1(C)CC(=O)N(CCCn2ccc(N)n2)C(=O)C1. The van der Waals surface area contributed by atoms with Crippen LogP contribution in [0.25, 0.3) is 0 Å². The first-order valence-corrected chi connectivity index (χ1v) is 6.49. The van der Waals surface area contributed by atoms with Crippen LogP contribution in [0.15, 0.2) is 12.3 Å². The second kappa shape index (κ2) is 5.03. The summed E-state index contributed by atoms with van der Waals surface area (Å²) in [5.74, 6) is 0.342. The zero-order valence-corrected chi connectivity index (χ0v) is 11.4. The van der Waals surface area contributed by atoms with Gasteiger partial charge in [0.05, 0.1) is 0 Å². The Bertz CT molecular complexity index is 473. The summed E-state index contributed by atoms with van der Waals surface area (Å²) in [7, 11) is 0. The maximum atomic E-state index is 11.9. The average molecular weight is 264 g/mol. The second-order valence-corrected chi connectivity index (χ2v) is 5.81. The van der Waals surface area contributed by atoms with E-state index < -0.39 is 0 Å². The van der Waals surface area contributed by atoms with Crippen molar-refractivity contribution < 1.29 is 9.59 Å². The molecule has 2 heterocycles. The number of likely N-dealkylation sites (tertiary alicyclic amines) is 1. The highest BCUT2D eigenvalue weighted by molar-refractivity contribution is 5.98. The molecular formula is C13H20N4O2. The van der Waals surface area contributed by atoms with Gasteiger partial charge in [0.1, 0.15) is 5.82 Å². The summed E-state index contributed by atoms with van der Waals surface area (Å²) in [5.41, 5.74) is 5.31. The van der Waals surface area contributed by atoms with E-state index in [1.807, 2.05) is 13.8 Å². The van der Waals surface area contributed by atoms with Crippen molar-refractivity contribution >= 4 is 17.6 Å². The van der Waals surface area contributed by atoms with Gasteiger partial charge in [-0.05, 0) is 17.9 Å². The van der Waals surface area contributed by atoms with Crippen molar-refractivity contribution in [2.24, 2.45) is 5.41 Å². The van der Waals surface area contributed by atoms with E-state index in [-0.39, 0.29) is 17.2 Å². The molecule has 1 saturated heterocycles. The van der Waals surface area contributed by atoms with E-state index in [9.17, 15) is 9.59 Å². The largest absolute Gasteiger partial charge is 0.382 e. The molecule has 6 nitrogen and oxygen atoms in total. The Balaban J connectivity index is 1.86. The lowest BCUT2D eigenvalue weighted by Crippen LogP contribution is -2.46. The molecule has 2 rings (SSSR count). The molecule has 0 saturated carbocycles. The van der Waals surface area contributed by atoms with Crippen LogP contribution in [0, 0.1) is 5.41 Å². The van der Waals surface area contributed by atoms with E-state index in [1.165, 1.54) is 4.90 Å². The summed E-state index contributed by atoms with van der Waals surface area (Å²) < 4.78 is 1.72. The fourth-order valence-electron chi connectivity index (χ4n) is 2.35. The molecule has 1 fully saturated rings. The summed E-state index contributed by atoms with van der Waals surface area (Å²) in [5, 5.41) is 4.06. The molecule has 0 aromatic carbocycles. The van der Waals surface area contributed by atoms with Crippen LogP contribution >= 0.6 is 0 Å². The number of nitrogens with two attached hydrogens (primary N) is 1. The molecule has 1 aliphatic rings. The third kappa shape index (κ3) is 3.33. The predicted octanol–water partition coefficient (Wildman–Crippen LogP) is 1.03. The molecule has 1 aliphatic heterocycles. The topological polar surface area (TPSA) is 81.2 Å². The smallest absolute Gasteiger partial charge is 0.229 e. The number of piperidine rings is 1. The van der Waals surface area contributed by atoms with Gasteiger partial charge in [0.25, 0.3) is 0 Å². The molecule has 0 radical (unpaired) electrons. The molecule has 1 aromatic heterocycles. The van der Waals surface area contributed by atoms with E-state index in [4.69, 9.17) is 5.73 Å². The molecule has 1 aromatic rings. The number of hydrogen-bond acceptors (Lipinski definition) is 4. The van der Waals surface area contributed by atoms with Crippen molar-refractivity contribution in [1.82, 2.24) is 14.7 Å². The fourth-order valence-corrected chi connectivity index (χ4v) is 2.35. The number of aryl methyl sites for hydroxylation is 1. The number of nitrogen functional groups attached to an aromatic ring is 1. The zero-order chi connectivity index (χ0) is 14.0. The fraction of sp³-hybridized carbons (Fsp3) is 0.615. The van der Waals surface area contributed by atoms with E-state index in [0.717, 1.165) is 0 Å². The number of carbonyl (C=O) groups is 2. The molecule has 0 atom stereocenters. The maximum Gasteiger partial charge on any atom is 0.229 e. The zero-order valence-electron chi connectivity index (χ0n) is 11.4. The first-order valence-electron chi connectivity index (χ1n) is 6.49. The highest BCUT2D eigenvalue weighted by Crippen LogP contribution is 2.31. The molecule has 104 valence electrons. The quantitative estimate of drug-likeness (QED) is 0.823. The van der Waals surface area contributed by atoms with Crippen molar-refractivity contribution in [1.29, 1.82) is 0 Å². The number of aromatic nitrogens is 2. The van der Waals surface area contributed by atoms with Gasteiger partial charge in [-0.3, -0.25) is 19.2 Å². The summed E-state index contributed by atoms with van der Waals surface area (Å²) in [6.07, 6.45) is 3.36. The van der Waals surface area contributed by atoms with Gasteiger partial charge in [0, 0.05) is 32.1 Å². The van der Waals surface area contributed by atoms with Gasteiger partial charge in [-0.25, -0.2) is 0 Å². The number of anilines is 1. The van der Waals surface area contributed by atoms with Crippen molar-refractivity contribution in [2.45, 2.75) is 39.7 Å². The van der Waals surface area contributed by atoms with Crippen LogP contribution in [0.2, 0.25) is 0 Å². The highest BCUT2D eigenvalue weighted by Gasteiger charge is 2.36. The van der Waals surface area contributed by atoms with Crippen molar-refractivity contribution in [2.75, 3.05) is 12.3 Å². The average Bonchev–Trinajstić information content (AvgIpc) is 2.67. The van der Waals surface area contributed by atoms with Gasteiger partial charge in [0.2, 0.25) is 11.8 Å². The molecule has 0 aliphatic carbocycles. The molecule has 6 heteroatoms. The van der Waals surface area contributed by atoms with E-state index in [2.05, 4.69) is 5.10 Å². The third-order valence-corrected chi connectivity index (χ3v) is 3.29. The molecule has 0 bridgehead atoms. The molecule has 0 unspecified atom stereocenters. The van der Waals surface area contributed by atoms with Crippen molar-refractivity contribution in [3.8, 4) is 0 Å². The molecule has 0 spiro atoms. The van der Waals surface area contributed by atoms with Crippen LogP contribution in [-0.4, -0.2) is 33.0 Å². The third-order valence-electron chi connectivity index (χ3n) is 3.29. The molecular weight excluding hydrogens is 244 g/mol. The Morgan fingerprint density at radius 3 is 2.42 bits per heavy atom. The minimum atomic E-state index is -0.207. The Morgan fingerprint density at radius 2 is 1.89 bits per heavy atom. The first kappa shape index (κ1) is 13.6. The van der Waals surface area contributed by atoms with Crippen molar-refractivity contribution in [3.05, 3.63) is 12.3 Å². The van der Waals surface area contributed by atoms with E-state index in [1.54, 1.807) is 16.9 Å².